The first-order valence-electron chi connectivity index (χ1n) is 8.98. The number of hydrogen-bond donors (Lipinski definition) is 2. The minimum Gasteiger partial charge on any atom is -0.347 e. The molecule has 26 heavy (non-hydrogen) atoms. The van der Waals surface area contributed by atoms with Gasteiger partial charge in [0.15, 0.2) is 0 Å². The van der Waals surface area contributed by atoms with Gasteiger partial charge in [-0.1, -0.05) is 43.3 Å². The summed E-state index contributed by atoms with van der Waals surface area (Å²) in [5.41, 5.74) is 0.607. The van der Waals surface area contributed by atoms with Crippen molar-refractivity contribution in [2.45, 2.75) is 37.9 Å². The third kappa shape index (κ3) is 2.71. The van der Waals surface area contributed by atoms with Crippen molar-refractivity contribution in [2.24, 2.45) is 0 Å². The Labute approximate surface area is 151 Å². The zero-order chi connectivity index (χ0) is 18.3. The number of carbonyl (C=O) groups excluding carboxylic acids is 3. The third-order valence-corrected chi connectivity index (χ3v) is 5.28. The summed E-state index contributed by atoms with van der Waals surface area (Å²) in [6, 6.07) is 12.2. The molecule has 2 aromatic rings. The van der Waals surface area contributed by atoms with E-state index in [4.69, 9.17) is 0 Å². The van der Waals surface area contributed by atoms with Gasteiger partial charge >= 0.3 is 0 Å². The van der Waals surface area contributed by atoms with Crippen molar-refractivity contribution < 1.29 is 14.4 Å². The van der Waals surface area contributed by atoms with Crippen LogP contribution in [0.2, 0.25) is 0 Å². The lowest BCUT2D eigenvalue weighted by atomic mass is 10.0. The Balaban J connectivity index is 1.52. The van der Waals surface area contributed by atoms with Crippen LogP contribution in [0.3, 0.4) is 0 Å². The molecule has 6 heteroatoms. The number of benzene rings is 2. The number of piperazine rings is 1. The highest BCUT2D eigenvalue weighted by atomic mass is 16.2. The van der Waals surface area contributed by atoms with E-state index in [2.05, 4.69) is 10.6 Å². The Bertz CT molecular complexity index is 890. The van der Waals surface area contributed by atoms with Crippen LogP contribution in [0, 0.1) is 0 Å². The minimum atomic E-state index is -0.483. The average molecular weight is 351 g/mol. The van der Waals surface area contributed by atoms with E-state index < -0.39 is 12.1 Å². The van der Waals surface area contributed by atoms with Gasteiger partial charge in [0.2, 0.25) is 11.8 Å². The molecule has 0 aromatic heterocycles. The Kier molecular flexibility index (Phi) is 4.11. The number of hydrogen-bond acceptors (Lipinski definition) is 3. The Hall–Kier alpha value is -2.89. The number of nitrogens with one attached hydrogen (secondary N) is 2. The molecule has 0 spiro atoms. The van der Waals surface area contributed by atoms with Crippen molar-refractivity contribution in [2.75, 3.05) is 6.54 Å². The molecule has 6 nitrogen and oxygen atoms in total. The van der Waals surface area contributed by atoms with Crippen molar-refractivity contribution >= 4 is 28.5 Å². The number of rotatable bonds is 3. The minimum absolute atomic E-state index is 0.0565. The molecule has 0 aliphatic carbocycles. The predicted octanol–water partition coefficient (Wildman–Crippen LogP) is 1.45. The fraction of sp³-hybridized carbons (Fsp3) is 0.350. The fourth-order valence-corrected chi connectivity index (χ4v) is 3.93. The summed E-state index contributed by atoms with van der Waals surface area (Å²) in [6.45, 7) is 2.25. The van der Waals surface area contributed by atoms with Gasteiger partial charge in [-0.15, -0.1) is 0 Å². The van der Waals surface area contributed by atoms with Crippen molar-refractivity contribution in [1.29, 1.82) is 0 Å². The molecule has 2 aliphatic heterocycles. The average Bonchev–Trinajstić information content (AvgIpc) is 3.08. The summed E-state index contributed by atoms with van der Waals surface area (Å²) < 4.78 is 0. The Morgan fingerprint density at radius 1 is 1.19 bits per heavy atom. The quantitative estimate of drug-likeness (QED) is 0.878. The van der Waals surface area contributed by atoms with Crippen LogP contribution in [0.1, 0.15) is 30.1 Å². The van der Waals surface area contributed by atoms with E-state index in [1.165, 1.54) is 0 Å². The molecule has 2 saturated heterocycles. The summed E-state index contributed by atoms with van der Waals surface area (Å²) in [7, 11) is 0. The molecule has 0 radical (unpaired) electrons. The van der Waals surface area contributed by atoms with Crippen LogP contribution in [-0.2, 0) is 9.59 Å². The number of amides is 3. The maximum absolute atomic E-state index is 12.8. The van der Waals surface area contributed by atoms with Gasteiger partial charge in [-0.25, -0.2) is 0 Å². The smallest absolute Gasteiger partial charge is 0.252 e. The van der Waals surface area contributed by atoms with E-state index in [1.807, 2.05) is 43.3 Å². The van der Waals surface area contributed by atoms with Gasteiger partial charge in [0.05, 0.1) is 0 Å². The maximum atomic E-state index is 12.8. The fourth-order valence-electron chi connectivity index (χ4n) is 3.93. The lowest BCUT2D eigenvalue weighted by molar-refractivity contribution is -0.147. The number of fused-ring (bicyclic) bond motifs is 2. The molecule has 2 aromatic carbocycles. The first-order valence-corrected chi connectivity index (χ1v) is 8.98. The van der Waals surface area contributed by atoms with Crippen LogP contribution in [0.15, 0.2) is 42.5 Å². The van der Waals surface area contributed by atoms with Crippen LogP contribution < -0.4 is 10.6 Å². The van der Waals surface area contributed by atoms with E-state index in [1.54, 1.807) is 11.0 Å². The Morgan fingerprint density at radius 3 is 2.77 bits per heavy atom. The largest absolute Gasteiger partial charge is 0.347 e. The molecule has 134 valence electrons. The highest BCUT2D eigenvalue weighted by Crippen LogP contribution is 2.24. The van der Waals surface area contributed by atoms with Gasteiger partial charge in [-0.2, -0.15) is 0 Å². The molecule has 2 fully saturated rings. The normalized spacial score (nSPS) is 25.1. The second-order valence-corrected chi connectivity index (χ2v) is 6.91. The van der Waals surface area contributed by atoms with Crippen molar-refractivity contribution in [3.63, 3.8) is 0 Å². The molecule has 0 bridgehead atoms. The van der Waals surface area contributed by atoms with Crippen molar-refractivity contribution in [3.8, 4) is 0 Å². The predicted molar refractivity (Wildman–Crippen MR) is 97.5 cm³/mol. The molecule has 2 aliphatic rings. The number of nitrogens with zero attached hydrogens (tertiary/aromatic N) is 1. The molecule has 0 saturated carbocycles. The molecule has 4 rings (SSSR count). The monoisotopic (exact) mass is 351 g/mol. The Morgan fingerprint density at radius 2 is 1.96 bits per heavy atom. The molecule has 0 unspecified atom stereocenters. The highest BCUT2D eigenvalue weighted by molar-refractivity contribution is 6.07. The lowest BCUT2D eigenvalue weighted by Crippen LogP contribution is -2.60. The summed E-state index contributed by atoms with van der Waals surface area (Å²) >= 11 is 0. The topological polar surface area (TPSA) is 78.5 Å². The van der Waals surface area contributed by atoms with Gasteiger partial charge in [0, 0.05) is 18.2 Å². The molecule has 3 atom stereocenters. The van der Waals surface area contributed by atoms with Crippen LogP contribution in [0.25, 0.3) is 10.8 Å². The second-order valence-electron chi connectivity index (χ2n) is 6.91. The highest BCUT2D eigenvalue weighted by Gasteiger charge is 2.46. The van der Waals surface area contributed by atoms with Crippen LogP contribution in [0.4, 0.5) is 0 Å². The van der Waals surface area contributed by atoms with E-state index in [-0.39, 0.29) is 23.8 Å². The summed E-state index contributed by atoms with van der Waals surface area (Å²) in [5.74, 6) is -0.357. The number of carbonyl (C=O) groups is 3. The standard InChI is InChI=1S/C20H21N3O3/c1-2-16-20(26)23-11-13(10-17(23)19(25)22-16)21-18(24)15-9-5-7-12-6-3-4-8-14(12)15/h3-9,13,16-17H,2,10-11H2,1H3,(H,21,24)(H,22,25)/t13-,16-,17-/m0/s1. The molecule has 2 heterocycles. The summed E-state index contributed by atoms with van der Waals surface area (Å²) in [4.78, 5) is 39.1. The summed E-state index contributed by atoms with van der Waals surface area (Å²) in [6.07, 6.45) is 1.02. The first kappa shape index (κ1) is 16.6. The van der Waals surface area contributed by atoms with E-state index in [9.17, 15) is 14.4 Å². The van der Waals surface area contributed by atoms with Crippen molar-refractivity contribution in [1.82, 2.24) is 15.5 Å². The van der Waals surface area contributed by atoms with Gasteiger partial charge in [0.1, 0.15) is 12.1 Å². The zero-order valence-corrected chi connectivity index (χ0v) is 14.6. The van der Waals surface area contributed by atoms with E-state index in [0.717, 1.165) is 10.8 Å². The molecular formula is C20H21N3O3. The molecule has 2 N–H and O–H groups in total. The van der Waals surface area contributed by atoms with Crippen molar-refractivity contribution in [3.05, 3.63) is 48.0 Å². The second kappa shape index (κ2) is 6.44. The lowest BCUT2D eigenvalue weighted by Gasteiger charge is -2.33. The molecular weight excluding hydrogens is 330 g/mol. The summed E-state index contributed by atoms with van der Waals surface area (Å²) in [5, 5.41) is 7.67. The van der Waals surface area contributed by atoms with Crippen LogP contribution >= 0.6 is 0 Å². The maximum Gasteiger partial charge on any atom is 0.252 e. The zero-order valence-electron chi connectivity index (χ0n) is 14.6. The first-order chi connectivity index (χ1) is 12.6. The van der Waals surface area contributed by atoms with Gasteiger partial charge in [-0.3, -0.25) is 14.4 Å². The van der Waals surface area contributed by atoms with Crippen LogP contribution in [-0.4, -0.2) is 47.3 Å². The van der Waals surface area contributed by atoms with Crippen LogP contribution in [0.5, 0.6) is 0 Å². The SMILES string of the molecule is CC[C@@H]1NC(=O)[C@@H]2C[C@H](NC(=O)c3cccc4ccccc34)CN2C1=O. The van der Waals surface area contributed by atoms with Gasteiger partial charge in [-0.05, 0) is 29.7 Å². The van der Waals surface area contributed by atoms with E-state index in [0.29, 0.717) is 24.9 Å². The van der Waals surface area contributed by atoms with Gasteiger partial charge in [0.25, 0.3) is 5.91 Å². The van der Waals surface area contributed by atoms with E-state index >= 15 is 0 Å². The molecule has 3 amide bonds. The van der Waals surface area contributed by atoms with Gasteiger partial charge < -0.3 is 15.5 Å². The third-order valence-electron chi connectivity index (χ3n) is 5.28.